The number of aliphatic hydroxyl groups excluding tert-OH is 1. The summed E-state index contributed by atoms with van der Waals surface area (Å²) >= 11 is 0. The molecule has 0 aliphatic carbocycles. The molecule has 1 amide bonds. The predicted octanol–water partition coefficient (Wildman–Crippen LogP) is 0.112. The van der Waals surface area contributed by atoms with Crippen molar-refractivity contribution in [2.24, 2.45) is 0 Å². The Morgan fingerprint density at radius 2 is 2.15 bits per heavy atom. The van der Waals surface area contributed by atoms with Crippen LogP contribution in [0.4, 0.5) is 5.82 Å². The number of aromatic nitrogens is 1. The molecule has 0 spiro atoms. The molecule has 20 heavy (non-hydrogen) atoms. The highest BCUT2D eigenvalue weighted by Gasteiger charge is 2.20. The first-order valence-electron chi connectivity index (χ1n) is 6.97. The Labute approximate surface area is 119 Å². The van der Waals surface area contributed by atoms with Gasteiger partial charge in [0, 0.05) is 37.4 Å². The number of rotatable bonds is 3. The highest BCUT2D eigenvalue weighted by atomic mass is 16.3. The first kappa shape index (κ1) is 14.7. The fraction of sp³-hybridized carbons (Fsp3) is 0.571. The highest BCUT2D eigenvalue weighted by molar-refractivity contribution is 5.95. The van der Waals surface area contributed by atoms with E-state index in [1.54, 1.807) is 12.1 Å². The van der Waals surface area contributed by atoms with Crippen molar-refractivity contribution in [2.75, 3.05) is 45.1 Å². The van der Waals surface area contributed by atoms with Gasteiger partial charge in [-0.1, -0.05) is 0 Å². The number of aliphatic hydroxyl groups is 1. The number of amides is 1. The van der Waals surface area contributed by atoms with Crippen LogP contribution in [0.5, 0.6) is 0 Å². The van der Waals surface area contributed by atoms with Crippen molar-refractivity contribution in [3.8, 4) is 0 Å². The van der Waals surface area contributed by atoms with Crippen molar-refractivity contribution in [1.82, 2.24) is 14.8 Å². The third-order valence-corrected chi connectivity index (χ3v) is 3.51. The van der Waals surface area contributed by atoms with Crippen LogP contribution in [0.25, 0.3) is 0 Å². The van der Waals surface area contributed by atoms with Gasteiger partial charge in [-0.2, -0.15) is 0 Å². The maximum absolute atomic E-state index is 12.5. The zero-order valence-electron chi connectivity index (χ0n) is 11.9. The average molecular weight is 278 g/mol. The molecule has 0 unspecified atom stereocenters. The van der Waals surface area contributed by atoms with Gasteiger partial charge in [-0.25, -0.2) is 4.98 Å². The molecule has 1 saturated heterocycles. The summed E-state index contributed by atoms with van der Waals surface area (Å²) < 4.78 is 0. The number of β-amino-alcohol motifs (C(OH)–C–C–N with tert-alkyl or cyclic N) is 1. The van der Waals surface area contributed by atoms with E-state index < -0.39 is 0 Å². The fourth-order valence-electron chi connectivity index (χ4n) is 2.54. The molecule has 2 heterocycles. The second-order valence-corrected chi connectivity index (χ2v) is 5.13. The lowest BCUT2D eigenvalue weighted by Gasteiger charge is -2.21. The van der Waals surface area contributed by atoms with E-state index in [2.05, 4.69) is 9.88 Å². The molecule has 1 aliphatic heterocycles. The minimum atomic E-state index is 0.00745. The molecule has 1 fully saturated rings. The lowest BCUT2D eigenvalue weighted by atomic mass is 10.2. The van der Waals surface area contributed by atoms with Gasteiger partial charge in [0.25, 0.3) is 5.91 Å². The molecule has 0 bridgehead atoms. The Morgan fingerprint density at radius 3 is 2.85 bits per heavy atom. The summed E-state index contributed by atoms with van der Waals surface area (Å²) in [5.41, 5.74) is 7.06. The zero-order chi connectivity index (χ0) is 14.5. The number of aryl methyl sites for hydroxylation is 1. The minimum absolute atomic E-state index is 0.00745. The largest absolute Gasteiger partial charge is 0.395 e. The van der Waals surface area contributed by atoms with Gasteiger partial charge >= 0.3 is 0 Å². The summed E-state index contributed by atoms with van der Waals surface area (Å²) in [6.45, 7) is 5.80. The van der Waals surface area contributed by atoms with E-state index in [1.165, 1.54) is 0 Å². The number of hydrogen-bond donors (Lipinski definition) is 2. The van der Waals surface area contributed by atoms with Crippen LogP contribution in [0.1, 0.15) is 22.5 Å². The molecule has 6 heteroatoms. The van der Waals surface area contributed by atoms with Crippen LogP contribution in [-0.2, 0) is 0 Å². The van der Waals surface area contributed by atoms with Crippen molar-refractivity contribution in [3.63, 3.8) is 0 Å². The Bertz CT molecular complexity index is 458. The van der Waals surface area contributed by atoms with Crippen molar-refractivity contribution >= 4 is 11.7 Å². The molecule has 110 valence electrons. The van der Waals surface area contributed by atoms with E-state index in [0.29, 0.717) is 24.5 Å². The Hall–Kier alpha value is -1.66. The van der Waals surface area contributed by atoms with E-state index >= 15 is 0 Å². The van der Waals surface area contributed by atoms with Gasteiger partial charge in [-0.15, -0.1) is 0 Å². The average Bonchev–Trinajstić information content (AvgIpc) is 2.63. The van der Waals surface area contributed by atoms with Gasteiger partial charge in [0.05, 0.1) is 6.61 Å². The van der Waals surface area contributed by atoms with Gasteiger partial charge in [-0.05, 0) is 32.0 Å². The highest BCUT2D eigenvalue weighted by Crippen LogP contribution is 2.12. The van der Waals surface area contributed by atoms with Crippen molar-refractivity contribution in [2.45, 2.75) is 13.3 Å². The maximum atomic E-state index is 12.5. The van der Waals surface area contributed by atoms with Gasteiger partial charge in [0.15, 0.2) is 0 Å². The molecule has 2 rings (SSSR count). The number of hydrogen-bond acceptors (Lipinski definition) is 5. The van der Waals surface area contributed by atoms with Crippen LogP contribution in [0.3, 0.4) is 0 Å². The number of nitrogens with two attached hydrogens (primary N) is 1. The van der Waals surface area contributed by atoms with E-state index in [1.807, 2.05) is 11.8 Å². The topological polar surface area (TPSA) is 82.7 Å². The van der Waals surface area contributed by atoms with Gasteiger partial charge in [0.1, 0.15) is 5.82 Å². The summed E-state index contributed by atoms with van der Waals surface area (Å²) in [7, 11) is 0. The molecule has 0 radical (unpaired) electrons. The van der Waals surface area contributed by atoms with Crippen LogP contribution in [0, 0.1) is 6.92 Å². The van der Waals surface area contributed by atoms with Crippen LogP contribution < -0.4 is 5.73 Å². The monoisotopic (exact) mass is 278 g/mol. The Kier molecular flexibility index (Phi) is 4.92. The second kappa shape index (κ2) is 6.67. The van der Waals surface area contributed by atoms with Crippen molar-refractivity contribution < 1.29 is 9.90 Å². The third kappa shape index (κ3) is 3.68. The predicted molar refractivity (Wildman–Crippen MR) is 77.4 cm³/mol. The molecule has 1 aromatic heterocycles. The van der Waals surface area contributed by atoms with Gasteiger partial charge in [-0.3, -0.25) is 9.69 Å². The molecule has 0 aromatic carbocycles. The Balaban J connectivity index is 2.05. The summed E-state index contributed by atoms with van der Waals surface area (Å²) in [5.74, 6) is 0.387. The van der Waals surface area contributed by atoms with Crippen LogP contribution in [0.15, 0.2) is 12.1 Å². The number of nitrogens with zero attached hydrogens (tertiary/aromatic N) is 3. The number of pyridine rings is 1. The lowest BCUT2D eigenvalue weighted by molar-refractivity contribution is 0.0760. The summed E-state index contributed by atoms with van der Waals surface area (Å²) in [6.07, 6.45) is 0.922. The lowest BCUT2D eigenvalue weighted by Crippen LogP contribution is -2.36. The standard InChI is InChI=1S/C14H22N4O2/c1-11-9-12(10-13(15)16-11)14(20)18-4-2-3-17(5-6-18)7-8-19/h9-10,19H,2-8H2,1H3,(H2,15,16). The van der Waals surface area contributed by atoms with Crippen LogP contribution in [0.2, 0.25) is 0 Å². The smallest absolute Gasteiger partial charge is 0.254 e. The second-order valence-electron chi connectivity index (χ2n) is 5.13. The van der Waals surface area contributed by atoms with Crippen molar-refractivity contribution in [1.29, 1.82) is 0 Å². The maximum Gasteiger partial charge on any atom is 0.254 e. The molecule has 1 aromatic rings. The normalized spacial score (nSPS) is 17.0. The quantitative estimate of drug-likeness (QED) is 0.820. The SMILES string of the molecule is Cc1cc(C(=O)N2CCCN(CCO)CC2)cc(N)n1. The first-order valence-corrected chi connectivity index (χ1v) is 6.97. The van der Waals surface area contributed by atoms with Gasteiger partial charge < -0.3 is 15.7 Å². The molecule has 0 atom stereocenters. The van der Waals surface area contributed by atoms with Crippen LogP contribution in [-0.4, -0.2) is 65.1 Å². The van der Waals surface area contributed by atoms with Gasteiger partial charge in [0.2, 0.25) is 0 Å². The molecular formula is C14H22N4O2. The molecule has 1 aliphatic rings. The van der Waals surface area contributed by atoms with E-state index in [-0.39, 0.29) is 12.5 Å². The molecule has 3 N–H and O–H groups in total. The number of carbonyl (C=O) groups is 1. The third-order valence-electron chi connectivity index (χ3n) is 3.51. The van der Waals surface area contributed by atoms with Crippen LogP contribution >= 0.6 is 0 Å². The zero-order valence-corrected chi connectivity index (χ0v) is 11.9. The number of nitrogen functional groups attached to an aromatic ring is 1. The minimum Gasteiger partial charge on any atom is -0.395 e. The van der Waals surface area contributed by atoms with Crippen molar-refractivity contribution in [3.05, 3.63) is 23.4 Å². The summed E-state index contributed by atoms with van der Waals surface area (Å²) in [5, 5.41) is 8.98. The number of anilines is 1. The molecule has 0 saturated carbocycles. The summed E-state index contributed by atoms with van der Waals surface area (Å²) in [4.78, 5) is 20.6. The Morgan fingerprint density at radius 1 is 1.35 bits per heavy atom. The summed E-state index contributed by atoms with van der Waals surface area (Å²) in [6, 6.07) is 3.40. The van der Waals surface area contributed by atoms with E-state index in [9.17, 15) is 4.79 Å². The first-order chi connectivity index (χ1) is 9.60. The van der Waals surface area contributed by atoms with E-state index in [0.717, 1.165) is 31.7 Å². The number of carbonyl (C=O) groups excluding carboxylic acids is 1. The molecule has 6 nitrogen and oxygen atoms in total. The van der Waals surface area contributed by atoms with E-state index in [4.69, 9.17) is 10.8 Å². The molecular weight excluding hydrogens is 256 g/mol. The fourth-order valence-corrected chi connectivity index (χ4v) is 2.54.